The third-order valence-electron chi connectivity index (χ3n) is 3.72. The molecule has 1 unspecified atom stereocenters. The van der Waals surface area contributed by atoms with Crippen LogP contribution in [0.4, 0.5) is 0 Å². The molecule has 1 N–H and O–H groups in total. The lowest BCUT2D eigenvalue weighted by molar-refractivity contribution is -0.100. The average Bonchev–Trinajstić information content (AvgIpc) is 2.47. The van der Waals surface area contributed by atoms with E-state index < -0.39 is 0 Å². The highest BCUT2D eigenvalue weighted by Crippen LogP contribution is 2.32. The van der Waals surface area contributed by atoms with E-state index in [0.717, 1.165) is 18.6 Å². The Morgan fingerprint density at radius 1 is 1.26 bits per heavy atom. The van der Waals surface area contributed by atoms with Crippen LogP contribution in [0.25, 0.3) is 0 Å². The van der Waals surface area contributed by atoms with E-state index >= 15 is 0 Å². The summed E-state index contributed by atoms with van der Waals surface area (Å²) in [5, 5.41) is 3.53. The minimum atomic E-state index is -0.198. The highest BCUT2D eigenvalue weighted by atomic mass is 16.7. The van der Waals surface area contributed by atoms with E-state index in [1.54, 1.807) is 21.3 Å². The Hall–Kier alpha value is -1.10. The predicted octanol–water partition coefficient (Wildman–Crippen LogP) is 2.28. The molecule has 1 aromatic rings. The number of rotatable bonds is 6. The Morgan fingerprint density at radius 2 is 2.05 bits per heavy atom. The van der Waals surface area contributed by atoms with Gasteiger partial charge in [0, 0.05) is 26.8 Å². The largest absolute Gasteiger partial charge is 0.497 e. The van der Waals surface area contributed by atoms with Crippen molar-refractivity contribution in [2.45, 2.75) is 31.6 Å². The van der Waals surface area contributed by atoms with E-state index in [4.69, 9.17) is 14.2 Å². The number of aryl methyl sites for hydroxylation is 1. The van der Waals surface area contributed by atoms with Crippen molar-refractivity contribution < 1.29 is 14.2 Å². The zero-order valence-corrected chi connectivity index (χ0v) is 11.9. The van der Waals surface area contributed by atoms with E-state index in [-0.39, 0.29) is 6.29 Å². The third-order valence-corrected chi connectivity index (χ3v) is 3.72. The van der Waals surface area contributed by atoms with Crippen molar-refractivity contribution in [3.63, 3.8) is 0 Å². The highest BCUT2D eigenvalue weighted by Gasteiger charge is 2.21. The van der Waals surface area contributed by atoms with E-state index in [2.05, 4.69) is 17.4 Å². The molecule has 4 nitrogen and oxygen atoms in total. The topological polar surface area (TPSA) is 39.7 Å². The van der Waals surface area contributed by atoms with Gasteiger partial charge in [-0.1, -0.05) is 6.07 Å². The maximum Gasteiger partial charge on any atom is 0.169 e. The summed E-state index contributed by atoms with van der Waals surface area (Å²) in [4.78, 5) is 0. The zero-order chi connectivity index (χ0) is 13.7. The quantitative estimate of drug-likeness (QED) is 0.801. The fourth-order valence-corrected chi connectivity index (χ4v) is 2.62. The first kappa shape index (κ1) is 14.3. The Bertz CT molecular complexity index is 404. The molecule has 0 radical (unpaired) electrons. The predicted molar refractivity (Wildman–Crippen MR) is 74.5 cm³/mol. The van der Waals surface area contributed by atoms with Crippen LogP contribution in [-0.4, -0.2) is 34.2 Å². The molecule has 1 atom stereocenters. The van der Waals surface area contributed by atoms with Crippen molar-refractivity contribution in [1.29, 1.82) is 0 Å². The first-order valence-electron chi connectivity index (χ1n) is 6.74. The fraction of sp³-hybridized carbons (Fsp3) is 0.600. The van der Waals surface area contributed by atoms with Crippen molar-refractivity contribution in [3.05, 3.63) is 29.3 Å². The molecule has 4 heteroatoms. The Morgan fingerprint density at radius 3 is 2.74 bits per heavy atom. The molecule has 1 aliphatic carbocycles. The first-order valence-corrected chi connectivity index (χ1v) is 6.74. The van der Waals surface area contributed by atoms with Gasteiger partial charge in [-0.05, 0) is 42.5 Å². The number of hydrogen-bond acceptors (Lipinski definition) is 4. The first-order chi connectivity index (χ1) is 9.28. The SMILES string of the molecule is COc1ccc2c(c1)C(NCC(OC)OC)CCC2. The molecule has 0 bridgehead atoms. The second-order valence-corrected chi connectivity index (χ2v) is 4.82. The molecular formula is C15H23NO3. The Labute approximate surface area is 115 Å². The monoisotopic (exact) mass is 265 g/mol. The van der Waals surface area contributed by atoms with Gasteiger partial charge in [0.05, 0.1) is 7.11 Å². The van der Waals surface area contributed by atoms with Crippen LogP contribution in [0.15, 0.2) is 18.2 Å². The molecule has 0 spiro atoms. The summed E-state index contributed by atoms with van der Waals surface area (Å²) in [6.07, 6.45) is 3.30. The molecule has 106 valence electrons. The van der Waals surface area contributed by atoms with Crippen LogP contribution in [0.1, 0.15) is 30.0 Å². The number of ether oxygens (including phenoxy) is 3. The normalized spacial score (nSPS) is 18.4. The molecule has 1 aliphatic rings. The smallest absolute Gasteiger partial charge is 0.169 e. The van der Waals surface area contributed by atoms with E-state index in [9.17, 15) is 0 Å². The van der Waals surface area contributed by atoms with E-state index in [1.807, 2.05) is 6.07 Å². The van der Waals surface area contributed by atoms with Crippen LogP contribution in [0.3, 0.4) is 0 Å². The van der Waals surface area contributed by atoms with Gasteiger partial charge in [-0.25, -0.2) is 0 Å². The molecule has 0 aliphatic heterocycles. The van der Waals surface area contributed by atoms with Crippen molar-refractivity contribution in [3.8, 4) is 5.75 Å². The molecule has 1 aromatic carbocycles. The summed E-state index contributed by atoms with van der Waals surface area (Å²) in [5.41, 5.74) is 2.76. The number of hydrogen-bond donors (Lipinski definition) is 1. The molecule has 0 aromatic heterocycles. The van der Waals surface area contributed by atoms with Gasteiger partial charge in [0.1, 0.15) is 5.75 Å². The second kappa shape index (κ2) is 6.89. The summed E-state index contributed by atoms with van der Waals surface area (Å²) < 4.78 is 15.7. The lowest BCUT2D eigenvalue weighted by Gasteiger charge is -2.28. The van der Waals surface area contributed by atoms with Gasteiger partial charge in [-0.15, -0.1) is 0 Å². The average molecular weight is 265 g/mol. The molecule has 0 saturated heterocycles. The van der Waals surface area contributed by atoms with Crippen LogP contribution < -0.4 is 10.1 Å². The van der Waals surface area contributed by atoms with E-state index in [0.29, 0.717) is 12.6 Å². The standard InChI is InChI=1S/C15H23NO3/c1-17-12-8-7-11-5-4-6-14(13(11)9-12)16-10-15(18-2)19-3/h7-9,14-16H,4-6,10H2,1-3H3. The minimum absolute atomic E-state index is 0.198. The Kier molecular flexibility index (Phi) is 5.19. The van der Waals surface area contributed by atoms with Crippen molar-refractivity contribution in [2.75, 3.05) is 27.9 Å². The zero-order valence-electron chi connectivity index (χ0n) is 11.9. The molecule has 0 fully saturated rings. The van der Waals surface area contributed by atoms with E-state index in [1.165, 1.54) is 17.5 Å². The molecular weight excluding hydrogens is 242 g/mol. The number of methoxy groups -OCH3 is 3. The molecule has 2 rings (SSSR count). The second-order valence-electron chi connectivity index (χ2n) is 4.82. The van der Waals surface area contributed by atoms with Crippen molar-refractivity contribution in [1.82, 2.24) is 5.32 Å². The molecule has 19 heavy (non-hydrogen) atoms. The Balaban J connectivity index is 2.08. The van der Waals surface area contributed by atoms with Crippen LogP contribution in [0, 0.1) is 0 Å². The minimum Gasteiger partial charge on any atom is -0.497 e. The van der Waals surface area contributed by atoms with Gasteiger partial charge in [-0.2, -0.15) is 0 Å². The van der Waals surface area contributed by atoms with Crippen LogP contribution in [0.5, 0.6) is 5.75 Å². The maximum absolute atomic E-state index is 5.32. The van der Waals surface area contributed by atoms with Gasteiger partial charge in [0.25, 0.3) is 0 Å². The third kappa shape index (κ3) is 3.47. The number of fused-ring (bicyclic) bond motifs is 1. The van der Waals surface area contributed by atoms with Crippen molar-refractivity contribution >= 4 is 0 Å². The maximum atomic E-state index is 5.32. The summed E-state index contributed by atoms with van der Waals surface area (Å²) in [5.74, 6) is 0.919. The summed E-state index contributed by atoms with van der Waals surface area (Å²) >= 11 is 0. The van der Waals surface area contributed by atoms with Gasteiger partial charge in [-0.3, -0.25) is 0 Å². The fourth-order valence-electron chi connectivity index (χ4n) is 2.62. The van der Waals surface area contributed by atoms with Gasteiger partial charge in [0.2, 0.25) is 0 Å². The summed E-state index contributed by atoms with van der Waals surface area (Å²) in [6, 6.07) is 6.70. The molecule has 0 amide bonds. The van der Waals surface area contributed by atoms with Gasteiger partial charge >= 0.3 is 0 Å². The number of benzene rings is 1. The lowest BCUT2D eigenvalue weighted by Crippen LogP contribution is -2.34. The highest BCUT2D eigenvalue weighted by molar-refractivity contribution is 5.39. The lowest BCUT2D eigenvalue weighted by atomic mass is 9.87. The van der Waals surface area contributed by atoms with Gasteiger partial charge < -0.3 is 19.5 Å². The molecule has 0 heterocycles. The van der Waals surface area contributed by atoms with Crippen LogP contribution in [0.2, 0.25) is 0 Å². The van der Waals surface area contributed by atoms with Gasteiger partial charge in [0.15, 0.2) is 6.29 Å². The summed E-state index contributed by atoms with van der Waals surface area (Å²) in [6.45, 7) is 0.689. The number of nitrogens with one attached hydrogen (secondary N) is 1. The van der Waals surface area contributed by atoms with Crippen molar-refractivity contribution in [2.24, 2.45) is 0 Å². The van der Waals surface area contributed by atoms with Crippen LogP contribution in [-0.2, 0) is 15.9 Å². The molecule has 0 saturated carbocycles. The van der Waals surface area contributed by atoms with Crippen LogP contribution >= 0.6 is 0 Å². The summed E-state index contributed by atoms with van der Waals surface area (Å²) in [7, 11) is 5.03.